The van der Waals surface area contributed by atoms with Gasteiger partial charge < -0.3 is 10.6 Å². The summed E-state index contributed by atoms with van der Waals surface area (Å²) < 4.78 is 13.1. The van der Waals surface area contributed by atoms with Crippen molar-refractivity contribution in [2.24, 2.45) is 4.99 Å². The van der Waals surface area contributed by atoms with Crippen LogP contribution in [0.15, 0.2) is 35.5 Å². The highest BCUT2D eigenvalue weighted by molar-refractivity contribution is 14.0. The molecule has 2 aromatic rings. The first-order chi connectivity index (χ1) is 10.2. The Morgan fingerprint density at radius 3 is 2.82 bits per heavy atom. The lowest BCUT2D eigenvalue weighted by molar-refractivity contribution is 0.625. The third-order valence-electron chi connectivity index (χ3n) is 2.73. The number of nitrogens with zero attached hydrogens (tertiary/aromatic N) is 2. The van der Waals surface area contributed by atoms with Crippen molar-refractivity contribution in [3.8, 4) is 0 Å². The Morgan fingerprint density at radius 1 is 1.36 bits per heavy atom. The van der Waals surface area contributed by atoms with E-state index in [0.29, 0.717) is 19.0 Å². The summed E-state index contributed by atoms with van der Waals surface area (Å²) >= 11 is 1.66. The van der Waals surface area contributed by atoms with Gasteiger partial charge in [0.15, 0.2) is 5.96 Å². The van der Waals surface area contributed by atoms with E-state index in [9.17, 15) is 4.39 Å². The Bertz CT molecular complexity index is 615. The van der Waals surface area contributed by atoms with Crippen LogP contribution in [0.25, 0.3) is 0 Å². The summed E-state index contributed by atoms with van der Waals surface area (Å²) in [5, 5.41) is 7.41. The molecule has 0 aliphatic rings. The third-order valence-corrected chi connectivity index (χ3v) is 3.64. The van der Waals surface area contributed by atoms with Crippen molar-refractivity contribution in [1.29, 1.82) is 0 Å². The minimum atomic E-state index is -0.237. The van der Waals surface area contributed by atoms with Crippen LogP contribution >= 0.6 is 35.3 Å². The fourth-order valence-electron chi connectivity index (χ4n) is 1.79. The molecule has 1 heterocycles. The highest BCUT2D eigenvalue weighted by Gasteiger charge is 2.02. The number of aromatic nitrogens is 1. The Hall–Kier alpha value is -1.22. The van der Waals surface area contributed by atoms with Gasteiger partial charge in [-0.15, -0.1) is 35.3 Å². The molecule has 120 valence electrons. The molecule has 1 aromatic carbocycles. The van der Waals surface area contributed by atoms with Gasteiger partial charge in [-0.25, -0.2) is 14.4 Å². The standard InChI is InChI=1S/C15H19FN4S.HI/c1-3-17-15(20-10-14-18-8-11(2)21-14)19-9-12-5-4-6-13(16)7-12;/h4-8H,3,9-10H2,1-2H3,(H2,17,19,20);1H. The number of rotatable bonds is 5. The van der Waals surface area contributed by atoms with E-state index in [0.717, 1.165) is 17.1 Å². The monoisotopic (exact) mass is 434 g/mol. The van der Waals surface area contributed by atoms with Crippen molar-refractivity contribution in [3.63, 3.8) is 0 Å². The third kappa shape index (κ3) is 6.27. The van der Waals surface area contributed by atoms with Crippen LogP contribution in [0, 0.1) is 12.7 Å². The molecule has 0 unspecified atom stereocenters. The van der Waals surface area contributed by atoms with E-state index in [1.807, 2.05) is 26.1 Å². The van der Waals surface area contributed by atoms with Gasteiger partial charge in [0.1, 0.15) is 10.8 Å². The van der Waals surface area contributed by atoms with Crippen molar-refractivity contribution in [2.45, 2.75) is 26.9 Å². The summed E-state index contributed by atoms with van der Waals surface area (Å²) in [7, 11) is 0. The van der Waals surface area contributed by atoms with Gasteiger partial charge in [-0.05, 0) is 31.5 Å². The van der Waals surface area contributed by atoms with Gasteiger partial charge in [-0.1, -0.05) is 12.1 Å². The zero-order valence-electron chi connectivity index (χ0n) is 12.6. The summed E-state index contributed by atoms with van der Waals surface area (Å²) in [6.45, 7) is 5.88. The van der Waals surface area contributed by atoms with Crippen LogP contribution in [0.2, 0.25) is 0 Å². The van der Waals surface area contributed by atoms with Gasteiger partial charge in [0.2, 0.25) is 0 Å². The summed E-state index contributed by atoms with van der Waals surface area (Å²) in [5.74, 6) is 0.466. The normalized spacial score (nSPS) is 11.0. The van der Waals surface area contributed by atoms with E-state index in [4.69, 9.17) is 0 Å². The lowest BCUT2D eigenvalue weighted by Crippen LogP contribution is -2.36. The molecule has 7 heteroatoms. The Morgan fingerprint density at radius 2 is 2.18 bits per heavy atom. The zero-order valence-corrected chi connectivity index (χ0v) is 15.7. The number of hydrogen-bond acceptors (Lipinski definition) is 3. The second-order valence-electron chi connectivity index (χ2n) is 4.54. The maximum atomic E-state index is 13.1. The van der Waals surface area contributed by atoms with Gasteiger partial charge in [0.05, 0.1) is 13.1 Å². The van der Waals surface area contributed by atoms with Gasteiger partial charge in [-0.3, -0.25) is 0 Å². The summed E-state index contributed by atoms with van der Waals surface area (Å²) in [5.41, 5.74) is 0.845. The maximum absolute atomic E-state index is 13.1. The molecule has 2 N–H and O–H groups in total. The number of thiazole rings is 1. The minimum Gasteiger partial charge on any atom is -0.357 e. The van der Waals surface area contributed by atoms with Crippen LogP contribution in [-0.4, -0.2) is 17.5 Å². The second kappa shape index (κ2) is 9.73. The molecule has 4 nitrogen and oxygen atoms in total. The van der Waals surface area contributed by atoms with Crippen LogP contribution in [0.5, 0.6) is 0 Å². The first-order valence-corrected chi connectivity index (χ1v) is 7.67. The van der Waals surface area contributed by atoms with E-state index in [2.05, 4.69) is 20.6 Å². The van der Waals surface area contributed by atoms with E-state index < -0.39 is 0 Å². The number of aryl methyl sites for hydroxylation is 1. The number of hydrogen-bond donors (Lipinski definition) is 2. The molecule has 0 saturated carbocycles. The fraction of sp³-hybridized carbons (Fsp3) is 0.333. The van der Waals surface area contributed by atoms with Crippen molar-refractivity contribution in [2.75, 3.05) is 6.54 Å². The lowest BCUT2D eigenvalue weighted by Gasteiger charge is -2.10. The van der Waals surface area contributed by atoms with E-state index >= 15 is 0 Å². The smallest absolute Gasteiger partial charge is 0.191 e. The molecule has 0 atom stereocenters. The molecule has 0 saturated heterocycles. The predicted octanol–water partition coefficient (Wildman–Crippen LogP) is 3.46. The number of guanidine groups is 1. The molecule has 0 radical (unpaired) electrons. The Kier molecular flexibility index (Phi) is 8.32. The number of aliphatic imine (C=N–C) groups is 1. The average molecular weight is 434 g/mol. The van der Waals surface area contributed by atoms with E-state index in [1.54, 1.807) is 17.4 Å². The number of benzene rings is 1. The number of halogens is 2. The quantitative estimate of drug-likeness (QED) is 0.431. The van der Waals surface area contributed by atoms with Gasteiger partial charge in [0, 0.05) is 17.6 Å². The topological polar surface area (TPSA) is 49.3 Å². The van der Waals surface area contributed by atoms with Crippen molar-refractivity contribution >= 4 is 41.3 Å². The van der Waals surface area contributed by atoms with Gasteiger partial charge in [-0.2, -0.15) is 0 Å². The summed E-state index contributed by atoms with van der Waals surface area (Å²) in [6, 6.07) is 6.48. The van der Waals surface area contributed by atoms with Crippen molar-refractivity contribution in [3.05, 3.63) is 51.7 Å². The lowest BCUT2D eigenvalue weighted by atomic mass is 10.2. The number of nitrogens with one attached hydrogen (secondary N) is 2. The highest BCUT2D eigenvalue weighted by atomic mass is 127. The summed E-state index contributed by atoms with van der Waals surface area (Å²) in [4.78, 5) is 9.94. The van der Waals surface area contributed by atoms with Crippen molar-refractivity contribution in [1.82, 2.24) is 15.6 Å². The molecule has 0 aliphatic carbocycles. The molecule has 0 aliphatic heterocycles. The zero-order chi connectivity index (χ0) is 15.1. The first-order valence-electron chi connectivity index (χ1n) is 6.85. The Balaban J connectivity index is 0.00000242. The van der Waals surface area contributed by atoms with Crippen LogP contribution < -0.4 is 10.6 Å². The molecule has 2 rings (SSSR count). The van der Waals surface area contributed by atoms with E-state index in [-0.39, 0.29) is 29.8 Å². The van der Waals surface area contributed by atoms with Crippen LogP contribution in [0.4, 0.5) is 4.39 Å². The molecule has 0 fully saturated rings. The molecule has 0 amide bonds. The molecule has 22 heavy (non-hydrogen) atoms. The molecular weight excluding hydrogens is 414 g/mol. The average Bonchev–Trinajstić information content (AvgIpc) is 2.88. The first kappa shape index (κ1) is 18.8. The SMILES string of the molecule is CCNC(=NCc1cccc(F)c1)NCc1ncc(C)s1.I. The van der Waals surface area contributed by atoms with Gasteiger partial charge >= 0.3 is 0 Å². The van der Waals surface area contributed by atoms with Crippen LogP contribution in [0.3, 0.4) is 0 Å². The largest absolute Gasteiger partial charge is 0.357 e. The summed E-state index contributed by atoms with van der Waals surface area (Å²) in [6.07, 6.45) is 1.86. The Labute approximate surface area is 151 Å². The minimum absolute atomic E-state index is 0. The molecular formula is C15H20FIN4S. The van der Waals surface area contributed by atoms with Crippen LogP contribution in [0.1, 0.15) is 22.4 Å². The maximum Gasteiger partial charge on any atom is 0.191 e. The molecule has 1 aromatic heterocycles. The molecule has 0 bridgehead atoms. The highest BCUT2D eigenvalue weighted by Crippen LogP contribution is 2.10. The van der Waals surface area contributed by atoms with Crippen LogP contribution in [-0.2, 0) is 13.1 Å². The fourth-order valence-corrected chi connectivity index (χ4v) is 2.52. The van der Waals surface area contributed by atoms with E-state index in [1.165, 1.54) is 17.0 Å². The second-order valence-corrected chi connectivity index (χ2v) is 5.86. The van der Waals surface area contributed by atoms with Gasteiger partial charge in [0.25, 0.3) is 0 Å². The van der Waals surface area contributed by atoms with Crippen molar-refractivity contribution < 1.29 is 4.39 Å². The predicted molar refractivity (Wildman–Crippen MR) is 100 cm³/mol. The molecule has 0 spiro atoms.